The number of amides is 1. The number of carbonyl (C=O) groups excluding carboxylic acids is 1. The normalized spacial score (nSPS) is 24.6. The molecule has 1 amide bonds. The second-order valence-corrected chi connectivity index (χ2v) is 11.6. The van der Waals surface area contributed by atoms with E-state index in [9.17, 15) is 17.6 Å². The molecule has 5 rings (SSSR count). The molecule has 1 saturated heterocycles. The van der Waals surface area contributed by atoms with Crippen molar-refractivity contribution in [1.82, 2.24) is 14.9 Å². The van der Waals surface area contributed by atoms with Crippen LogP contribution in [0.15, 0.2) is 36.5 Å². The van der Waals surface area contributed by atoms with Gasteiger partial charge in [-0.1, -0.05) is 12.2 Å². The van der Waals surface area contributed by atoms with Crippen molar-refractivity contribution < 1.29 is 22.2 Å². The zero-order valence-corrected chi connectivity index (χ0v) is 22.4. The molecule has 2 aliphatic carbocycles. The quantitative estimate of drug-likeness (QED) is 0.312. The largest absolute Gasteiger partial charge is 0.369 e. The maximum absolute atomic E-state index is 14.5. The van der Waals surface area contributed by atoms with Crippen LogP contribution in [0, 0.1) is 30.5 Å². The summed E-state index contributed by atoms with van der Waals surface area (Å²) in [7, 11) is -1.52. The summed E-state index contributed by atoms with van der Waals surface area (Å²) in [5.41, 5.74) is 8.84. The number of benzene rings is 1. The van der Waals surface area contributed by atoms with Gasteiger partial charge in [0.15, 0.2) is 11.6 Å². The van der Waals surface area contributed by atoms with Crippen LogP contribution < -0.4 is 21.3 Å². The topological polar surface area (TPSA) is 154 Å². The summed E-state index contributed by atoms with van der Waals surface area (Å²) in [6, 6.07) is 5.88. The minimum atomic E-state index is -3.67. The highest BCUT2D eigenvalue weighted by molar-refractivity contribution is 7.85. The zero-order chi connectivity index (χ0) is 27.6. The fourth-order valence-electron chi connectivity index (χ4n) is 5.36. The van der Waals surface area contributed by atoms with Gasteiger partial charge in [-0.3, -0.25) is 9.35 Å². The SMILES string of the molecule is CS(=O)(=O)O.Cc1cc(Nc2ncc(F)c(NC3C4C=CC(C4)C3C(N)=O)n2)ccc1N1CCN(C)CC1. The van der Waals surface area contributed by atoms with Crippen molar-refractivity contribution >= 4 is 39.2 Å². The Bertz CT molecular complexity index is 1310. The van der Waals surface area contributed by atoms with Crippen molar-refractivity contribution in [3.63, 3.8) is 0 Å². The average molecular weight is 548 g/mol. The molecule has 2 heterocycles. The first-order valence-corrected chi connectivity index (χ1v) is 14.2. The number of carbonyl (C=O) groups is 1. The molecule has 3 aliphatic rings. The Balaban J connectivity index is 0.000000617. The number of nitrogens with two attached hydrogens (primary N) is 1. The number of aromatic nitrogens is 2. The molecule has 13 heteroatoms. The van der Waals surface area contributed by atoms with E-state index in [-0.39, 0.29) is 35.5 Å². The van der Waals surface area contributed by atoms with E-state index in [1.165, 1.54) is 5.69 Å². The standard InChI is InChI=1S/C24H30FN7O.CH4O3S/c1-14-11-17(5-6-19(14)32-9-7-31(2)8-10-32)28-24-27-13-18(25)23(30-24)29-21-16-4-3-15(12-16)20(21)22(26)33;1-5(2,3)4/h3-6,11,13,15-16,20-21H,7-10,12H2,1-2H3,(H2,26,33)(H2,27,28,29,30);1H3,(H,2,3,4). The first-order chi connectivity index (χ1) is 17.9. The van der Waals surface area contributed by atoms with Crippen molar-refractivity contribution in [2.75, 3.05) is 55.0 Å². The van der Waals surface area contributed by atoms with Crippen molar-refractivity contribution in [2.24, 2.45) is 23.5 Å². The number of rotatable bonds is 6. The summed E-state index contributed by atoms with van der Waals surface area (Å²) in [5, 5.41) is 6.32. The minimum Gasteiger partial charge on any atom is -0.369 e. The van der Waals surface area contributed by atoms with Gasteiger partial charge in [-0.25, -0.2) is 9.37 Å². The van der Waals surface area contributed by atoms with Gasteiger partial charge in [0.2, 0.25) is 11.9 Å². The fourth-order valence-corrected chi connectivity index (χ4v) is 5.36. The Hall–Kier alpha value is -3.29. The van der Waals surface area contributed by atoms with Crippen LogP contribution in [0.2, 0.25) is 0 Å². The second kappa shape index (κ2) is 11.2. The predicted octanol–water partition coefficient (Wildman–Crippen LogP) is 2.01. The van der Waals surface area contributed by atoms with E-state index in [1.54, 1.807) is 0 Å². The Labute approximate surface area is 222 Å². The molecule has 2 fully saturated rings. The van der Waals surface area contributed by atoms with Crippen LogP contribution in [-0.4, -0.2) is 79.3 Å². The third-order valence-electron chi connectivity index (χ3n) is 7.13. The lowest BCUT2D eigenvalue weighted by Gasteiger charge is -2.35. The third-order valence-corrected chi connectivity index (χ3v) is 7.13. The molecule has 1 aliphatic heterocycles. The number of anilines is 4. The molecular formula is C25H34FN7O4S. The first-order valence-electron chi connectivity index (χ1n) is 12.4. The van der Waals surface area contributed by atoms with Crippen LogP contribution in [0.5, 0.6) is 0 Å². The second-order valence-electron chi connectivity index (χ2n) is 10.1. The predicted molar refractivity (Wildman–Crippen MR) is 144 cm³/mol. The monoisotopic (exact) mass is 547 g/mol. The molecule has 1 aromatic carbocycles. The number of primary amides is 1. The van der Waals surface area contributed by atoms with Crippen LogP contribution in [0.4, 0.5) is 27.5 Å². The van der Waals surface area contributed by atoms with Crippen LogP contribution in [0.3, 0.4) is 0 Å². The number of aryl methyl sites for hydroxylation is 1. The maximum atomic E-state index is 14.5. The van der Waals surface area contributed by atoms with Gasteiger partial charge in [0.1, 0.15) is 0 Å². The van der Waals surface area contributed by atoms with Gasteiger partial charge in [-0.2, -0.15) is 13.4 Å². The number of nitrogens with one attached hydrogen (secondary N) is 2. The first kappa shape index (κ1) is 27.7. The van der Waals surface area contributed by atoms with Crippen LogP contribution >= 0.6 is 0 Å². The van der Waals surface area contributed by atoms with Gasteiger partial charge in [0.25, 0.3) is 10.1 Å². The number of likely N-dealkylation sites (N-methyl/N-ethyl adjacent to an activating group) is 1. The molecule has 2 bridgehead atoms. The van der Waals surface area contributed by atoms with Gasteiger partial charge in [-0.15, -0.1) is 0 Å². The van der Waals surface area contributed by atoms with Gasteiger partial charge in [0, 0.05) is 43.6 Å². The number of hydrogen-bond donors (Lipinski definition) is 4. The highest BCUT2D eigenvalue weighted by atomic mass is 32.2. The van der Waals surface area contributed by atoms with Crippen LogP contribution in [-0.2, 0) is 14.9 Å². The molecule has 38 heavy (non-hydrogen) atoms. The number of allylic oxidation sites excluding steroid dienone is 1. The Kier molecular flexibility index (Phi) is 8.19. The molecule has 2 aromatic rings. The molecular weight excluding hydrogens is 513 g/mol. The fraction of sp³-hybridized carbons (Fsp3) is 0.480. The molecule has 4 atom stereocenters. The average Bonchev–Trinajstić information content (AvgIpc) is 3.43. The van der Waals surface area contributed by atoms with E-state index in [2.05, 4.69) is 62.6 Å². The van der Waals surface area contributed by atoms with Crippen molar-refractivity contribution in [2.45, 2.75) is 19.4 Å². The molecule has 206 valence electrons. The Morgan fingerprint density at radius 2 is 1.84 bits per heavy atom. The molecule has 5 N–H and O–H groups in total. The molecule has 1 aromatic heterocycles. The molecule has 4 unspecified atom stereocenters. The van der Waals surface area contributed by atoms with Gasteiger partial charge in [0.05, 0.1) is 18.4 Å². The summed E-state index contributed by atoms with van der Waals surface area (Å²) >= 11 is 0. The molecule has 0 radical (unpaired) electrons. The number of piperazine rings is 1. The van der Waals surface area contributed by atoms with Gasteiger partial charge < -0.3 is 26.2 Å². The number of hydrogen-bond acceptors (Lipinski definition) is 9. The highest BCUT2D eigenvalue weighted by Gasteiger charge is 2.47. The van der Waals surface area contributed by atoms with Crippen LogP contribution in [0.1, 0.15) is 12.0 Å². The van der Waals surface area contributed by atoms with E-state index in [0.29, 0.717) is 12.2 Å². The van der Waals surface area contributed by atoms with Crippen molar-refractivity contribution in [3.05, 3.63) is 47.9 Å². The summed E-state index contributed by atoms with van der Waals surface area (Å²) < 4.78 is 40.4. The lowest BCUT2D eigenvalue weighted by Crippen LogP contribution is -2.44. The lowest BCUT2D eigenvalue weighted by atomic mass is 9.88. The van der Waals surface area contributed by atoms with Crippen molar-refractivity contribution in [3.8, 4) is 0 Å². The lowest BCUT2D eigenvalue weighted by molar-refractivity contribution is -0.122. The summed E-state index contributed by atoms with van der Waals surface area (Å²) in [5.74, 6) is -0.673. The number of nitrogens with zero attached hydrogens (tertiary/aromatic N) is 4. The van der Waals surface area contributed by atoms with E-state index >= 15 is 0 Å². The summed E-state index contributed by atoms with van der Waals surface area (Å²) in [6.45, 7) is 6.20. The zero-order valence-electron chi connectivity index (χ0n) is 21.6. The van der Waals surface area contributed by atoms with Gasteiger partial charge >= 0.3 is 0 Å². The van der Waals surface area contributed by atoms with Gasteiger partial charge in [-0.05, 0) is 56.0 Å². The molecule has 0 spiro atoms. The number of fused-ring (bicyclic) bond motifs is 2. The number of halogens is 1. The maximum Gasteiger partial charge on any atom is 0.261 e. The smallest absolute Gasteiger partial charge is 0.261 e. The van der Waals surface area contributed by atoms with E-state index in [1.807, 2.05) is 12.1 Å². The summed E-state index contributed by atoms with van der Waals surface area (Å²) in [4.78, 5) is 25.2. The van der Waals surface area contributed by atoms with Crippen LogP contribution in [0.25, 0.3) is 0 Å². The molecule has 11 nitrogen and oxygen atoms in total. The van der Waals surface area contributed by atoms with E-state index in [0.717, 1.165) is 50.0 Å². The van der Waals surface area contributed by atoms with Crippen molar-refractivity contribution in [1.29, 1.82) is 0 Å². The third kappa shape index (κ3) is 6.77. The Morgan fingerprint density at radius 1 is 1.18 bits per heavy atom. The highest BCUT2D eigenvalue weighted by Crippen LogP contribution is 2.45. The Morgan fingerprint density at radius 3 is 2.47 bits per heavy atom. The summed E-state index contributed by atoms with van der Waals surface area (Å²) in [6.07, 6.45) is 6.82. The minimum absolute atomic E-state index is 0.0791. The van der Waals surface area contributed by atoms with E-state index < -0.39 is 15.9 Å². The van der Waals surface area contributed by atoms with E-state index in [4.69, 9.17) is 10.3 Å². The molecule has 1 saturated carbocycles.